The Balaban J connectivity index is 2.07. The van der Waals surface area contributed by atoms with Gasteiger partial charge in [0.15, 0.2) is 5.78 Å². The van der Waals surface area contributed by atoms with Crippen LogP contribution in [0.1, 0.15) is 29.8 Å². The lowest BCUT2D eigenvalue weighted by Gasteiger charge is -2.38. The van der Waals surface area contributed by atoms with Crippen molar-refractivity contribution >= 4 is 5.78 Å². The Labute approximate surface area is 120 Å². The summed E-state index contributed by atoms with van der Waals surface area (Å²) in [5.41, 5.74) is 1.89. The van der Waals surface area contributed by atoms with Gasteiger partial charge in [-0.05, 0) is 20.8 Å². The highest BCUT2D eigenvalue weighted by atomic mass is 16.5. The smallest absolute Gasteiger partial charge is 0.179 e. The number of aliphatic hydroxyl groups excluding tert-OH is 1. The molecule has 0 bridgehead atoms. The van der Waals surface area contributed by atoms with Crippen LogP contribution in [-0.4, -0.2) is 53.7 Å². The Hall–Kier alpha value is -1.23. The fourth-order valence-electron chi connectivity index (χ4n) is 2.62. The number of Topliss-reactive ketones (excluding diaryl/α,β-unsaturated/α-hetero) is 1. The van der Waals surface area contributed by atoms with E-state index >= 15 is 0 Å². The molecule has 1 aliphatic rings. The summed E-state index contributed by atoms with van der Waals surface area (Å²) in [7, 11) is 0. The summed E-state index contributed by atoms with van der Waals surface area (Å²) in [6, 6.07) is 7.47. The van der Waals surface area contributed by atoms with E-state index in [2.05, 4.69) is 4.90 Å². The number of ketones is 1. The monoisotopic (exact) mass is 277 g/mol. The average Bonchev–Trinajstić information content (AvgIpc) is 2.45. The van der Waals surface area contributed by atoms with Crippen molar-refractivity contribution in [1.29, 1.82) is 0 Å². The molecule has 1 N–H and O–H groups in total. The molecule has 0 aliphatic carbocycles. The van der Waals surface area contributed by atoms with Crippen LogP contribution in [0.25, 0.3) is 0 Å². The normalized spacial score (nSPS) is 25.4. The first kappa shape index (κ1) is 15.2. The van der Waals surface area contributed by atoms with E-state index in [9.17, 15) is 9.90 Å². The highest BCUT2D eigenvalue weighted by Gasteiger charge is 2.31. The van der Waals surface area contributed by atoms with E-state index < -0.39 is 0 Å². The van der Waals surface area contributed by atoms with Gasteiger partial charge in [-0.3, -0.25) is 9.69 Å². The zero-order valence-corrected chi connectivity index (χ0v) is 12.4. The van der Waals surface area contributed by atoms with Crippen LogP contribution >= 0.6 is 0 Å². The molecule has 1 aromatic carbocycles. The van der Waals surface area contributed by atoms with Gasteiger partial charge >= 0.3 is 0 Å². The number of morpholine rings is 1. The molecule has 1 fully saturated rings. The maximum absolute atomic E-state index is 12.5. The Morgan fingerprint density at radius 3 is 2.65 bits per heavy atom. The maximum atomic E-state index is 12.5. The Morgan fingerprint density at radius 2 is 2.05 bits per heavy atom. The van der Waals surface area contributed by atoms with Gasteiger partial charge in [-0.2, -0.15) is 0 Å². The largest absolute Gasteiger partial charge is 0.394 e. The van der Waals surface area contributed by atoms with E-state index in [4.69, 9.17) is 4.74 Å². The second-order valence-corrected chi connectivity index (χ2v) is 5.61. The number of aliphatic hydroxyl groups is 1. The van der Waals surface area contributed by atoms with Crippen molar-refractivity contribution in [3.8, 4) is 0 Å². The quantitative estimate of drug-likeness (QED) is 0.850. The third-order valence-corrected chi connectivity index (χ3v) is 3.82. The molecule has 0 radical (unpaired) electrons. The fourth-order valence-corrected chi connectivity index (χ4v) is 2.62. The topological polar surface area (TPSA) is 49.8 Å². The molecule has 4 nitrogen and oxygen atoms in total. The summed E-state index contributed by atoms with van der Waals surface area (Å²) in [5.74, 6) is 0.121. The predicted molar refractivity (Wildman–Crippen MR) is 78.0 cm³/mol. The standard InChI is InChI=1S/C16H23NO3/c1-11-4-6-14(7-5-11)16(19)13(3)17-8-12(2)20-15(9-17)10-18/h4-7,12-13,15,18H,8-10H2,1-3H3. The molecule has 0 amide bonds. The van der Waals surface area contributed by atoms with Crippen LogP contribution in [0.2, 0.25) is 0 Å². The summed E-state index contributed by atoms with van der Waals surface area (Å²) in [4.78, 5) is 14.6. The van der Waals surface area contributed by atoms with Crippen molar-refractivity contribution in [3.05, 3.63) is 35.4 Å². The molecule has 1 aliphatic heterocycles. The minimum Gasteiger partial charge on any atom is -0.394 e. The third kappa shape index (κ3) is 3.45. The minimum atomic E-state index is -0.202. The summed E-state index contributed by atoms with van der Waals surface area (Å²) in [6.45, 7) is 7.21. The van der Waals surface area contributed by atoms with Gasteiger partial charge < -0.3 is 9.84 Å². The van der Waals surface area contributed by atoms with Crippen LogP contribution in [-0.2, 0) is 4.74 Å². The molecule has 1 aromatic rings. The summed E-state index contributed by atoms with van der Waals surface area (Å²) in [5, 5.41) is 9.26. The lowest BCUT2D eigenvalue weighted by Crippen LogP contribution is -2.53. The van der Waals surface area contributed by atoms with Crippen molar-refractivity contribution < 1.29 is 14.6 Å². The first-order valence-electron chi connectivity index (χ1n) is 7.12. The van der Waals surface area contributed by atoms with Gasteiger partial charge in [0.1, 0.15) is 0 Å². The zero-order chi connectivity index (χ0) is 14.7. The Morgan fingerprint density at radius 1 is 1.40 bits per heavy atom. The third-order valence-electron chi connectivity index (χ3n) is 3.82. The van der Waals surface area contributed by atoms with Gasteiger partial charge in [-0.25, -0.2) is 0 Å². The summed E-state index contributed by atoms with van der Waals surface area (Å²) >= 11 is 0. The number of benzene rings is 1. The number of rotatable bonds is 4. The molecule has 3 atom stereocenters. The highest BCUT2D eigenvalue weighted by molar-refractivity contribution is 5.99. The molecule has 0 spiro atoms. The molecule has 110 valence electrons. The Kier molecular flexibility index (Phi) is 4.91. The minimum absolute atomic E-state index is 0.00766. The molecule has 3 unspecified atom stereocenters. The SMILES string of the molecule is Cc1ccc(C(=O)C(C)N2CC(C)OC(CO)C2)cc1. The van der Waals surface area contributed by atoms with E-state index in [1.165, 1.54) is 0 Å². The molecular weight excluding hydrogens is 254 g/mol. The molecule has 2 rings (SSSR count). The second kappa shape index (κ2) is 6.48. The maximum Gasteiger partial charge on any atom is 0.179 e. The van der Waals surface area contributed by atoms with Crippen LogP contribution in [0, 0.1) is 6.92 Å². The zero-order valence-electron chi connectivity index (χ0n) is 12.4. The number of hydrogen-bond acceptors (Lipinski definition) is 4. The first-order chi connectivity index (χ1) is 9.51. The number of aryl methyl sites for hydroxylation is 1. The number of nitrogens with zero attached hydrogens (tertiary/aromatic N) is 1. The van der Waals surface area contributed by atoms with Gasteiger partial charge in [-0.15, -0.1) is 0 Å². The van der Waals surface area contributed by atoms with Crippen molar-refractivity contribution in [2.75, 3.05) is 19.7 Å². The number of ether oxygens (including phenoxy) is 1. The highest BCUT2D eigenvalue weighted by Crippen LogP contribution is 2.17. The van der Waals surface area contributed by atoms with E-state index in [1.807, 2.05) is 45.0 Å². The molecule has 0 aromatic heterocycles. The lowest BCUT2D eigenvalue weighted by molar-refractivity contribution is -0.100. The van der Waals surface area contributed by atoms with Crippen LogP contribution < -0.4 is 0 Å². The molecule has 20 heavy (non-hydrogen) atoms. The van der Waals surface area contributed by atoms with Crippen LogP contribution in [0.4, 0.5) is 0 Å². The van der Waals surface area contributed by atoms with Crippen LogP contribution in [0.3, 0.4) is 0 Å². The molecule has 4 heteroatoms. The van der Waals surface area contributed by atoms with Gasteiger partial charge in [-0.1, -0.05) is 29.8 Å². The lowest BCUT2D eigenvalue weighted by atomic mass is 10.0. The van der Waals surface area contributed by atoms with E-state index in [-0.39, 0.29) is 30.6 Å². The van der Waals surface area contributed by atoms with Crippen LogP contribution in [0.15, 0.2) is 24.3 Å². The Bertz CT molecular complexity index is 457. The van der Waals surface area contributed by atoms with Crippen molar-refractivity contribution in [2.45, 2.75) is 39.0 Å². The molecule has 0 saturated carbocycles. The average molecular weight is 277 g/mol. The number of carbonyl (C=O) groups is 1. The van der Waals surface area contributed by atoms with Gasteiger partial charge in [0.25, 0.3) is 0 Å². The second-order valence-electron chi connectivity index (χ2n) is 5.61. The van der Waals surface area contributed by atoms with E-state index in [0.717, 1.165) is 17.7 Å². The molecular formula is C16H23NO3. The van der Waals surface area contributed by atoms with Gasteiger partial charge in [0, 0.05) is 18.7 Å². The fraction of sp³-hybridized carbons (Fsp3) is 0.562. The van der Waals surface area contributed by atoms with Crippen molar-refractivity contribution in [2.24, 2.45) is 0 Å². The summed E-state index contributed by atoms with van der Waals surface area (Å²) < 4.78 is 5.61. The molecule has 1 saturated heterocycles. The van der Waals surface area contributed by atoms with Gasteiger partial charge in [0.05, 0.1) is 24.9 Å². The van der Waals surface area contributed by atoms with E-state index in [0.29, 0.717) is 6.54 Å². The molecule has 1 heterocycles. The van der Waals surface area contributed by atoms with Crippen LogP contribution in [0.5, 0.6) is 0 Å². The number of carbonyl (C=O) groups excluding carboxylic acids is 1. The first-order valence-corrected chi connectivity index (χ1v) is 7.12. The number of hydrogen-bond donors (Lipinski definition) is 1. The van der Waals surface area contributed by atoms with Crippen molar-refractivity contribution in [1.82, 2.24) is 4.90 Å². The predicted octanol–water partition coefficient (Wildman–Crippen LogP) is 1.65. The van der Waals surface area contributed by atoms with E-state index in [1.54, 1.807) is 0 Å². The van der Waals surface area contributed by atoms with Crippen molar-refractivity contribution in [3.63, 3.8) is 0 Å². The summed E-state index contributed by atoms with van der Waals surface area (Å²) in [6.07, 6.45) is -0.166. The van der Waals surface area contributed by atoms with Gasteiger partial charge in [0.2, 0.25) is 0 Å².